The number of nitrogens with one attached hydrogen (secondary N) is 1. The molecule has 0 amide bonds. The molecule has 0 aromatic heterocycles. The summed E-state index contributed by atoms with van der Waals surface area (Å²) >= 11 is 0. The SMILES string of the molecule is COCC(C)NC(N)=NCC1(CC(C)C)CCC1.I. The van der Waals surface area contributed by atoms with Gasteiger partial charge >= 0.3 is 0 Å². The second-order valence-electron chi connectivity index (χ2n) is 6.15. The van der Waals surface area contributed by atoms with Gasteiger partial charge in [-0.25, -0.2) is 0 Å². The highest BCUT2D eigenvalue weighted by molar-refractivity contribution is 14.0. The molecule has 0 radical (unpaired) electrons. The van der Waals surface area contributed by atoms with Crippen molar-refractivity contribution in [1.82, 2.24) is 5.32 Å². The highest BCUT2D eigenvalue weighted by Gasteiger charge is 2.37. The van der Waals surface area contributed by atoms with Crippen LogP contribution in [-0.2, 0) is 4.74 Å². The van der Waals surface area contributed by atoms with Crippen molar-refractivity contribution in [3.63, 3.8) is 0 Å². The number of methoxy groups -OCH3 is 1. The first-order chi connectivity index (χ1) is 8.47. The third-order valence-corrected chi connectivity index (χ3v) is 3.65. The molecule has 1 atom stereocenters. The van der Waals surface area contributed by atoms with Crippen LogP contribution in [0.2, 0.25) is 0 Å². The maximum absolute atomic E-state index is 5.91. The van der Waals surface area contributed by atoms with Gasteiger partial charge in [0.2, 0.25) is 0 Å². The van der Waals surface area contributed by atoms with Gasteiger partial charge in [0.05, 0.1) is 6.61 Å². The lowest BCUT2D eigenvalue weighted by molar-refractivity contribution is 0.111. The van der Waals surface area contributed by atoms with E-state index in [0.717, 1.165) is 12.5 Å². The Labute approximate surface area is 135 Å². The van der Waals surface area contributed by atoms with E-state index in [1.54, 1.807) is 7.11 Å². The van der Waals surface area contributed by atoms with Crippen LogP contribution in [0.25, 0.3) is 0 Å². The molecular weight excluding hydrogens is 353 g/mol. The van der Waals surface area contributed by atoms with Gasteiger partial charge in [0.1, 0.15) is 0 Å². The van der Waals surface area contributed by atoms with Gasteiger partial charge in [0.25, 0.3) is 0 Å². The number of nitrogens with zero attached hydrogens (tertiary/aromatic N) is 1. The van der Waals surface area contributed by atoms with Gasteiger partial charge in [-0.2, -0.15) is 0 Å². The number of aliphatic imine (C=N–C) groups is 1. The summed E-state index contributed by atoms with van der Waals surface area (Å²) in [5.74, 6) is 1.29. The van der Waals surface area contributed by atoms with Crippen molar-refractivity contribution in [3.8, 4) is 0 Å². The second kappa shape index (κ2) is 9.00. The zero-order chi connectivity index (χ0) is 13.6. The number of guanidine groups is 1. The molecule has 1 rings (SSSR count). The fraction of sp³-hybridized carbons (Fsp3) is 0.929. The van der Waals surface area contributed by atoms with Crippen LogP contribution in [0.15, 0.2) is 4.99 Å². The van der Waals surface area contributed by atoms with Crippen molar-refractivity contribution in [1.29, 1.82) is 0 Å². The monoisotopic (exact) mass is 383 g/mol. The molecule has 114 valence electrons. The highest BCUT2D eigenvalue weighted by atomic mass is 127. The Morgan fingerprint density at radius 1 is 1.37 bits per heavy atom. The Morgan fingerprint density at radius 3 is 2.42 bits per heavy atom. The van der Waals surface area contributed by atoms with Crippen LogP contribution in [0.4, 0.5) is 0 Å². The predicted octanol–water partition coefficient (Wildman–Crippen LogP) is 2.76. The molecule has 1 fully saturated rings. The molecule has 0 bridgehead atoms. The van der Waals surface area contributed by atoms with Crippen LogP contribution in [0.3, 0.4) is 0 Å². The molecule has 19 heavy (non-hydrogen) atoms. The number of nitrogens with two attached hydrogens (primary N) is 1. The molecule has 3 N–H and O–H groups in total. The molecule has 0 aromatic carbocycles. The molecule has 0 spiro atoms. The standard InChI is InChI=1S/C14H29N3O.HI/c1-11(2)8-14(6-5-7-14)10-16-13(15)17-12(3)9-18-4;/h11-12H,5-10H2,1-4H3,(H3,15,16,17);1H. The number of ether oxygens (including phenoxy) is 1. The smallest absolute Gasteiger partial charge is 0.188 e. The summed E-state index contributed by atoms with van der Waals surface area (Å²) in [6.07, 6.45) is 5.21. The Bertz CT molecular complexity index is 278. The molecule has 0 aromatic rings. The quantitative estimate of drug-likeness (QED) is 0.404. The molecule has 1 aliphatic carbocycles. The maximum atomic E-state index is 5.91. The van der Waals surface area contributed by atoms with Crippen LogP contribution < -0.4 is 11.1 Å². The van der Waals surface area contributed by atoms with Crippen molar-refractivity contribution in [2.24, 2.45) is 22.1 Å². The van der Waals surface area contributed by atoms with Crippen LogP contribution in [0.5, 0.6) is 0 Å². The minimum Gasteiger partial charge on any atom is -0.383 e. The zero-order valence-electron chi connectivity index (χ0n) is 12.7. The Hall–Kier alpha value is -0.0400. The van der Waals surface area contributed by atoms with E-state index in [-0.39, 0.29) is 30.0 Å². The lowest BCUT2D eigenvalue weighted by atomic mass is 9.64. The lowest BCUT2D eigenvalue weighted by Gasteiger charge is -2.42. The molecule has 1 unspecified atom stereocenters. The zero-order valence-corrected chi connectivity index (χ0v) is 15.1. The molecule has 5 heteroatoms. The van der Waals surface area contributed by atoms with Crippen LogP contribution in [-0.4, -0.2) is 32.3 Å². The van der Waals surface area contributed by atoms with Crippen molar-refractivity contribution in [3.05, 3.63) is 0 Å². The van der Waals surface area contributed by atoms with Gasteiger partial charge in [-0.05, 0) is 37.5 Å². The van der Waals surface area contributed by atoms with Crippen LogP contribution in [0.1, 0.15) is 46.5 Å². The van der Waals surface area contributed by atoms with E-state index in [2.05, 4.69) is 24.2 Å². The Morgan fingerprint density at radius 2 is 2.00 bits per heavy atom. The summed E-state index contributed by atoms with van der Waals surface area (Å²) in [6.45, 7) is 8.12. The van der Waals surface area contributed by atoms with Crippen molar-refractivity contribution >= 4 is 29.9 Å². The number of rotatable bonds is 7. The average Bonchev–Trinajstić information content (AvgIpc) is 2.21. The van der Waals surface area contributed by atoms with Gasteiger partial charge in [-0.1, -0.05) is 20.3 Å². The van der Waals surface area contributed by atoms with Crippen LogP contribution >= 0.6 is 24.0 Å². The topological polar surface area (TPSA) is 59.6 Å². The second-order valence-corrected chi connectivity index (χ2v) is 6.15. The third kappa shape index (κ3) is 6.79. The first-order valence-corrected chi connectivity index (χ1v) is 7.03. The average molecular weight is 383 g/mol. The minimum atomic E-state index is 0. The van der Waals surface area contributed by atoms with E-state index < -0.39 is 0 Å². The molecule has 1 saturated carbocycles. The van der Waals surface area contributed by atoms with E-state index in [1.807, 2.05) is 6.92 Å². The minimum absolute atomic E-state index is 0. The summed E-state index contributed by atoms with van der Waals surface area (Å²) in [4.78, 5) is 4.52. The molecule has 0 aliphatic heterocycles. The van der Waals surface area contributed by atoms with E-state index in [9.17, 15) is 0 Å². The van der Waals surface area contributed by atoms with Gasteiger partial charge in [-0.3, -0.25) is 4.99 Å². The van der Waals surface area contributed by atoms with Gasteiger partial charge < -0.3 is 15.8 Å². The van der Waals surface area contributed by atoms with E-state index in [0.29, 0.717) is 18.0 Å². The number of halogens is 1. The first kappa shape index (κ1) is 19.0. The first-order valence-electron chi connectivity index (χ1n) is 7.03. The predicted molar refractivity (Wildman–Crippen MR) is 92.1 cm³/mol. The van der Waals surface area contributed by atoms with Gasteiger partial charge in [-0.15, -0.1) is 24.0 Å². The maximum Gasteiger partial charge on any atom is 0.188 e. The summed E-state index contributed by atoms with van der Waals surface area (Å²) in [5.41, 5.74) is 6.33. The normalized spacial score (nSPS) is 19.5. The van der Waals surface area contributed by atoms with Gasteiger partial charge in [0.15, 0.2) is 5.96 Å². The van der Waals surface area contributed by atoms with E-state index in [4.69, 9.17) is 10.5 Å². The molecule has 0 saturated heterocycles. The third-order valence-electron chi connectivity index (χ3n) is 3.65. The van der Waals surface area contributed by atoms with Crippen molar-refractivity contribution in [2.75, 3.05) is 20.3 Å². The molecule has 1 aliphatic rings. The lowest BCUT2D eigenvalue weighted by Crippen LogP contribution is -2.42. The van der Waals surface area contributed by atoms with Crippen LogP contribution in [0, 0.1) is 11.3 Å². The Kier molecular flexibility index (Phi) is 8.98. The summed E-state index contributed by atoms with van der Waals surface area (Å²) in [5, 5.41) is 3.16. The highest BCUT2D eigenvalue weighted by Crippen LogP contribution is 2.46. The van der Waals surface area contributed by atoms with Crippen molar-refractivity contribution < 1.29 is 4.74 Å². The fourth-order valence-corrected chi connectivity index (χ4v) is 2.81. The number of hydrogen-bond acceptors (Lipinski definition) is 2. The van der Waals surface area contributed by atoms with Gasteiger partial charge in [0, 0.05) is 19.7 Å². The summed E-state index contributed by atoms with van der Waals surface area (Å²) in [6, 6.07) is 0.209. The van der Waals surface area contributed by atoms with E-state index >= 15 is 0 Å². The number of hydrogen-bond donors (Lipinski definition) is 2. The molecular formula is C14H30IN3O. The van der Waals surface area contributed by atoms with E-state index in [1.165, 1.54) is 25.7 Å². The van der Waals surface area contributed by atoms with Crippen molar-refractivity contribution in [2.45, 2.75) is 52.5 Å². The molecule has 0 heterocycles. The molecule has 4 nitrogen and oxygen atoms in total. The largest absolute Gasteiger partial charge is 0.383 e. The summed E-state index contributed by atoms with van der Waals surface area (Å²) in [7, 11) is 1.69. The Balaban J connectivity index is 0.00000324. The summed E-state index contributed by atoms with van der Waals surface area (Å²) < 4.78 is 5.06. The fourth-order valence-electron chi connectivity index (χ4n) is 2.81.